The van der Waals surface area contributed by atoms with Crippen molar-refractivity contribution in [1.82, 2.24) is 15.4 Å². The molecule has 0 spiro atoms. The van der Waals surface area contributed by atoms with Gasteiger partial charge in [0.25, 0.3) is 5.91 Å². The number of hydrogen-bond donors (Lipinski definition) is 3. The average molecular weight is 375 g/mol. The first kappa shape index (κ1) is 20.0. The molecular formula is C17H18FN5O4. The van der Waals surface area contributed by atoms with Gasteiger partial charge in [-0.3, -0.25) is 9.63 Å². The lowest BCUT2D eigenvalue weighted by atomic mass is 10.1. The third-order valence-corrected chi connectivity index (χ3v) is 3.31. The molecule has 0 aliphatic rings. The van der Waals surface area contributed by atoms with Gasteiger partial charge in [0.1, 0.15) is 30.8 Å². The summed E-state index contributed by atoms with van der Waals surface area (Å²) in [5, 5.41) is 17.9. The van der Waals surface area contributed by atoms with Gasteiger partial charge in [-0.15, -0.1) is 0 Å². The van der Waals surface area contributed by atoms with Crippen LogP contribution in [-0.4, -0.2) is 47.0 Å². The number of nitrogens with zero attached hydrogens (tertiary/aromatic N) is 3. The van der Waals surface area contributed by atoms with Crippen LogP contribution in [0.15, 0.2) is 24.3 Å². The second-order valence-electron chi connectivity index (χ2n) is 5.38. The summed E-state index contributed by atoms with van der Waals surface area (Å²) in [7, 11) is 0. The molecular weight excluding hydrogens is 357 g/mol. The van der Waals surface area contributed by atoms with E-state index >= 15 is 0 Å². The van der Waals surface area contributed by atoms with Gasteiger partial charge in [0.05, 0.1) is 18.2 Å². The Labute approximate surface area is 154 Å². The van der Waals surface area contributed by atoms with Gasteiger partial charge >= 0.3 is 0 Å². The lowest BCUT2D eigenvalue weighted by Crippen LogP contribution is -2.31. The van der Waals surface area contributed by atoms with Crippen LogP contribution in [-0.2, 0) is 4.84 Å². The minimum atomic E-state index is -0.806. The number of nitriles is 1. The molecule has 0 saturated carbocycles. The van der Waals surface area contributed by atoms with Gasteiger partial charge in [-0.1, -0.05) is 12.1 Å². The van der Waals surface area contributed by atoms with Crippen molar-refractivity contribution < 1.29 is 23.9 Å². The summed E-state index contributed by atoms with van der Waals surface area (Å²) in [6.07, 6.45) is -0.653. The van der Waals surface area contributed by atoms with Crippen LogP contribution in [0.5, 0.6) is 5.88 Å². The maximum absolute atomic E-state index is 12.5. The number of nitrogens with two attached hydrogens (primary N) is 1. The molecule has 142 valence electrons. The van der Waals surface area contributed by atoms with Gasteiger partial charge in [-0.25, -0.2) is 14.9 Å². The van der Waals surface area contributed by atoms with Crippen LogP contribution in [0, 0.1) is 11.3 Å². The Bertz CT molecular complexity index is 856. The molecule has 27 heavy (non-hydrogen) atoms. The van der Waals surface area contributed by atoms with Gasteiger partial charge in [0.2, 0.25) is 5.88 Å². The number of ether oxygens (including phenoxy) is 1. The number of aliphatic hydroxyl groups is 1. The van der Waals surface area contributed by atoms with E-state index < -0.39 is 18.7 Å². The number of nitrogen functional groups attached to an aromatic ring is 1. The highest BCUT2D eigenvalue weighted by atomic mass is 19.1. The number of hydrogen-bond acceptors (Lipinski definition) is 8. The van der Waals surface area contributed by atoms with Crippen molar-refractivity contribution in [1.29, 1.82) is 5.26 Å². The Morgan fingerprint density at radius 1 is 1.48 bits per heavy atom. The van der Waals surface area contributed by atoms with Crippen LogP contribution in [0.4, 0.5) is 10.2 Å². The lowest BCUT2D eigenvalue weighted by Gasteiger charge is -2.15. The molecule has 2 rings (SSSR count). The number of rotatable bonds is 8. The Balaban J connectivity index is 2.42. The smallest absolute Gasteiger partial charge is 0.284 e. The third kappa shape index (κ3) is 5.10. The molecule has 0 fully saturated rings. The number of halogens is 1. The summed E-state index contributed by atoms with van der Waals surface area (Å²) in [6, 6.07) is 8.43. The summed E-state index contributed by atoms with van der Waals surface area (Å²) in [5.41, 5.74) is 8.63. The van der Waals surface area contributed by atoms with E-state index in [4.69, 9.17) is 25.7 Å². The van der Waals surface area contributed by atoms with E-state index in [0.717, 1.165) is 0 Å². The SMILES string of the molecule is CC(CO)ONC(=O)c1c(N)nc(-c2cccc(C#N)c2)nc1OCCF. The molecule has 0 saturated heterocycles. The van der Waals surface area contributed by atoms with Crippen molar-refractivity contribution in [3.8, 4) is 23.3 Å². The van der Waals surface area contributed by atoms with E-state index in [1.807, 2.05) is 6.07 Å². The van der Waals surface area contributed by atoms with Crippen molar-refractivity contribution >= 4 is 11.7 Å². The van der Waals surface area contributed by atoms with E-state index in [-0.39, 0.29) is 36.3 Å². The van der Waals surface area contributed by atoms with Gasteiger partial charge in [-0.2, -0.15) is 10.2 Å². The summed E-state index contributed by atoms with van der Waals surface area (Å²) >= 11 is 0. The second kappa shape index (κ2) is 9.42. The molecule has 1 aromatic heterocycles. The van der Waals surface area contributed by atoms with Crippen molar-refractivity contribution in [2.24, 2.45) is 0 Å². The average Bonchev–Trinajstić information content (AvgIpc) is 2.69. The molecule has 0 aliphatic carbocycles. The Morgan fingerprint density at radius 3 is 2.93 bits per heavy atom. The fourth-order valence-corrected chi connectivity index (χ4v) is 2.01. The topological polar surface area (TPSA) is 143 Å². The van der Waals surface area contributed by atoms with Crippen molar-refractivity contribution in [2.75, 3.05) is 25.6 Å². The number of amides is 1. The van der Waals surface area contributed by atoms with Crippen molar-refractivity contribution in [2.45, 2.75) is 13.0 Å². The first-order valence-corrected chi connectivity index (χ1v) is 7.93. The number of carbonyl (C=O) groups excluding carboxylic acids is 1. The fourth-order valence-electron chi connectivity index (χ4n) is 2.01. The summed E-state index contributed by atoms with van der Waals surface area (Å²) < 4.78 is 17.7. The van der Waals surface area contributed by atoms with E-state index in [1.54, 1.807) is 24.3 Å². The first-order chi connectivity index (χ1) is 13.0. The molecule has 2 aromatic rings. The molecule has 1 heterocycles. The predicted molar refractivity (Wildman–Crippen MR) is 93.2 cm³/mol. The zero-order valence-electron chi connectivity index (χ0n) is 14.5. The van der Waals surface area contributed by atoms with Gasteiger partial charge in [0.15, 0.2) is 5.82 Å². The Kier molecular flexibility index (Phi) is 6.99. The number of benzene rings is 1. The zero-order valence-corrected chi connectivity index (χ0v) is 14.5. The maximum Gasteiger partial charge on any atom is 0.284 e. The zero-order chi connectivity index (χ0) is 19.8. The van der Waals surface area contributed by atoms with Crippen LogP contribution in [0.3, 0.4) is 0 Å². The fraction of sp³-hybridized carbons (Fsp3) is 0.294. The number of alkyl halides is 1. The van der Waals surface area contributed by atoms with Crippen LogP contribution in [0.25, 0.3) is 11.4 Å². The molecule has 10 heteroatoms. The number of aromatic nitrogens is 2. The number of hydroxylamine groups is 1. The predicted octanol–water partition coefficient (Wildman–Crippen LogP) is 0.988. The first-order valence-electron chi connectivity index (χ1n) is 7.93. The standard InChI is InChI=1S/C17H18FN5O4/c1-10(9-24)27-23-16(25)13-14(20)21-15(22-17(13)26-6-5-18)12-4-2-3-11(7-12)8-19/h2-4,7,10,24H,5-6,9H2,1H3,(H,23,25)(H2,20,21,22). The molecule has 1 atom stereocenters. The maximum atomic E-state index is 12.5. The minimum Gasteiger partial charge on any atom is -0.474 e. The quantitative estimate of drug-likeness (QED) is 0.580. The van der Waals surface area contributed by atoms with Crippen LogP contribution < -0.4 is 16.0 Å². The van der Waals surface area contributed by atoms with Crippen LogP contribution in [0.2, 0.25) is 0 Å². The second-order valence-corrected chi connectivity index (χ2v) is 5.38. The number of anilines is 1. The number of aliphatic hydroxyl groups excluding tert-OH is 1. The summed E-state index contributed by atoms with van der Waals surface area (Å²) in [5.74, 6) is -1.14. The number of carbonyl (C=O) groups is 1. The molecule has 1 aromatic carbocycles. The highest BCUT2D eigenvalue weighted by Gasteiger charge is 2.22. The third-order valence-electron chi connectivity index (χ3n) is 3.31. The van der Waals surface area contributed by atoms with Crippen LogP contribution in [0.1, 0.15) is 22.8 Å². The van der Waals surface area contributed by atoms with Gasteiger partial charge < -0.3 is 15.6 Å². The molecule has 0 aliphatic heterocycles. The largest absolute Gasteiger partial charge is 0.474 e. The molecule has 0 radical (unpaired) electrons. The van der Waals surface area contributed by atoms with E-state index in [1.165, 1.54) is 6.92 Å². The minimum absolute atomic E-state index is 0.111. The van der Waals surface area contributed by atoms with Crippen LogP contribution >= 0.6 is 0 Å². The Hall–Kier alpha value is -3.29. The molecule has 1 amide bonds. The highest BCUT2D eigenvalue weighted by Crippen LogP contribution is 2.26. The van der Waals surface area contributed by atoms with E-state index in [2.05, 4.69) is 15.4 Å². The summed E-state index contributed by atoms with van der Waals surface area (Å²) in [4.78, 5) is 25.5. The van der Waals surface area contributed by atoms with Crippen molar-refractivity contribution in [3.05, 3.63) is 35.4 Å². The molecule has 9 nitrogen and oxygen atoms in total. The molecule has 1 unspecified atom stereocenters. The summed E-state index contributed by atoms with van der Waals surface area (Å²) in [6.45, 7) is 0.0716. The van der Waals surface area contributed by atoms with E-state index in [0.29, 0.717) is 11.1 Å². The highest BCUT2D eigenvalue weighted by molar-refractivity contribution is 6.00. The Morgan fingerprint density at radius 2 is 2.26 bits per heavy atom. The van der Waals surface area contributed by atoms with E-state index in [9.17, 15) is 9.18 Å². The van der Waals surface area contributed by atoms with Gasteiger partial charge in [-0.05, 0) is 19.1 Å². The molecule has 0 bridgehead atoms. The molecule has 4 N–H and O–H groups in total. The number of nitrogens with one attached hydrogen (secondary N) is 1. The normalized spacial score (nSPS) is 11.5. The van der Waals surface area contributed by atoms with Crippen molar-refractivity contribution in [3.63, 3.8) is 0 Å². The van der Waals surface area contributed by atoms with Gasteiger partial charge in [0, 0.05) is 5.56 Å². The monoisotopic (exact) mass is 375 g/mol. The lowest BCUT2D eigenvalue weighted by molar-refractivity contribution is -0.0305.